The predicted octanol–water partition coefficient (Wildman–Crippen LogP) is 0.116. The lowest BCUT2D eigenvalue weighted by atomic mass is 10.3. The molecule has 4 heteroatoms. The molecular formula is C8H14N4. The zero-order valence-corrected chi connectivity index (χ0v) is 7.16. The molecule has 2 rings (SSSR count). The largest absolute Gasteiger partial charge is 0.330 e. The van der Waals surface area contributed by atoms with Crippen LogP contribution in [-0.2, 0) is 19.4 Å². The van der Waals surface area contributed by atoms with E-state index < -0.39 is 0 Å². The predicted molar refractivity (Wildman–Crippen MR) is 45.7 cm³/mol. The molecule has 0 fully saturated rings. The third-order valence-electron chi connectivity index (χ3n) is 2.29. The first-order valence-electron chi connectivity index (χ1n) is 4.53. The summed E-state index contributed by atoms with van der Waals surface area (Å²) < 4.78 is 2.23. The Morgan fingerprint density at radius 2 is 2.33 bits per heavy atom. The van der Waals surface area contributed by atoms with E-state index in [1.165, 1.54) is 6.42 Å². The van der Waals surface area contributed by atoms with Crippen LogP contribution >= 0.6 is 0 Å². The van der Waals surface area contributed by atoms with Gasteiger partial charge in [0, 0.05) is 19.4 Å². The zero-order chi connectivity index (χ0) is 8.39. The van der Waals surface area contributed by atoms with Gasteiger partial charge in [-0.2, -0.15) is 0 Å². The average Bonchev–Trinajstić information content (AvgIpc) is 2.62. The second-order valence-corrected chi connectivity index (χ2v) is 3.18. The quantitative estimate of drug-likeness (QED) is 0.693. The van der Waals surface area contributed by atoms with Gasteiger partial charge in [0.2, 0.25) is 0 Å². The molecule has 1 aliphatic heterocycles. The minimum absolute atomic E-state index is 0.738. The van der Waals surface area contributed by atoms with Crippen molar-refractivity contribution >= 4 is 0 Å². The summed E-state index contributed by atoms with van der Waals surface area (Å²) >= 11 is 0. The van der Waals surface area contributed by atoms with Crippen LogP contribution in [0.1, 0.15) is 24.5 Å². The fourth-order valence-electron chi connectivity index (χ4n) is 1.66. The molecule has 0 bridgehead atoms. The molecule has 4 nitrogen and oxygen atoms in total. The monoisotopic (exact) mass is 166 g/mol. The van der Waals surface area contributed by atoms with Crippen LogP contribution in [0, 0.1) is 0 Å². The van der Waals surface area contributed by atoms with E-state index in [0.29, 0.717) is 0 Å². The third kappa shape index (κ3) is 1.22. The summed E-state index contributed by atoms with van der Waals surface area (Å²) in [4.78, 5) is 0. The Morgan fingerprint density at radius 1 is 1.42 bits per heavy atom. The van der Waals surface area contributed by atoms with E-state index in [9.17, 15) is 0 Å². The lowest BCUT2D eigenvalue weighted by molar-refractivity contribution is 0.664. The van der Waals surface area contributed by atoms with Crippen molar-refractivity contribution in [1.82, 2.24) is 14.8 Å². The van der Waals surface area contributed by atoms with Crippen molar-refractivity contribution in [2.45, 2.75) is 32.2 Å². The van der Waals surface area contributed by atoms with Crippen LogP contribution in [0.25, 0.3) is 0 Å². The molecule has 12 heavy (non-hydrogen) atoms. The van der Waals surface area contributed by atoms with Crippen LogP contribution in [0.4, 0.5) is 0 Å². The van der Waals surface area contributed by atoms with Crippen molar-refractivity contribution in [1.29, 1.82) is 0 Å². The van der Waals surface area contributed by atoms with Crippen molar-refractivity contribution in [2.24, 2.45) is 5.73 Å². The number of aryl methyl sites for hydroxylation is 2. The van der Waals surface area contributed by atoms with E-state index in [1.807, 2.05) is 0 Å². The molecule has 1 aromatic heterocycles. The van der Waals surface area contributed by atoms with Crippen LogP contribution in [0.5, 0.6) is 0 Å². The summed E-state index contributed by atoms with van der Waals surface area (Å²) in [6.45, 7) is 1.84. The molecule has 0 amide bonds. The number of hydrogen-bond acceptors (Lipinski definition) is 3. The highest BCUT2D eigenvalue weighted by Crippen LogP contribution is 2.14. The highest BCUT2D eigenvalue weighted by Gasteiger charge is 2.16. The van der Waals surface area contributed by atoms with E-state index in [-0.39, 0.29) is 0 Å². The normalized spacial score (nSPS) is 15.1. The Bertz CT molecular complexity index is 266. The second kappa shape index (κ2) is 3.23. The van der Waals surface area contributed by atoms with E-state index >= 15 is 0 Å². The Kier molecular flexibility index (Phi) is 2.08. The summed E-state index contributed by atoms with van der Waals surface area (Å²) in [5.74, 6) is 2.27. The minimum Gasteiger partial charge on any atom is -0.330 e. The molecule has 66 valence electrons. The number of aromatic nitrogens is 3. The van der Waals surface area contributed by atoms with Gasteiger partial charge in [-0.25, -0.2) is 0 Å². The summed E-state index contributed by atoms with van der Waals surface area (Å²) in [5.41, 5.74) is 5.43. The molecule has 0 unspecified atom stereocenters. The van der Waals surface area contributed by atoms with E-state index in [1.54, 1.807) is 0 Å². The first kappa shape index (κ1) is 7.73. The van der Waals surface area contributed by atoms with Gasteiger partial charge in [-0.3, -0.25) is 0 Å². The Balaban J connectivity index is 2.11. The van der Waals surface area contributed by atoms with Crippen molar-refractivity contribution < 1.29 is 0 Å². The molecule has 1 aromatic rings. The summed E-state index contributed by atoms with van der Waals surface area (Å²) in [6.07, 6.45) is 4.30. The van der Waals surface area contributed by atoms with Crippen molar-refractivity contribution in [3.05, 3.63) is 11.6 Å². The van der Waals surface area contributed by atoms with Crippen LogP contribution in [-0.4, -0.2) is 21.3 Å². The van der Waals surface area contributed by atoms with Crippen molar-refractivity contribution in [3.63, 3.8) is 0 Å². The van der Waals surface area contributed by atoms with Crippen LogP contribution < -0.4 is 5.73 Å². The number of rotatable bonds is 3. The molecule has 0 aromatic carbocycles. The van der Waals surface area contributed by atoms with Gasteiger partial charge in [-0.15, -0.1) is 10.2 Å². The molecule has 0 saturated carbocycles. The van der Waals surface area contributed by atoms with Gasteiger partial charge in [0.05, 0.1) is 0 Å². The maximum Gasteiger partial charge on any atom is 0.133 e. The van der Waals surface area contributed by atoms with Gasteiger partial charge in [0.1, 0.15) is 11.6 Å². The fourth-order valence-corrected chi connectivity index (χ4v) is 1.66. The number of nitrogens with zero attached hydrogens (tertiary/aromatic N) is 3. The van der Waals surface area contributed by atoms with E-state index in [2.05, 4.69) is 14.8 Å². The number of hydrogen-bond donors (Lipinski definition) is 1. The summed E-state index contributed by atoms with van der Waals surface area (Å²) in [6, 6.07) is 0. The Morgan fingerprint density at radius 3 is 3.17 bits per heavy atom. The zero-order valence-electron chi connectivity index (χ0n) is 7.16. The van der Waals surface area contributed by atoms with Crippen LogP contribution in [0.15, 0.2) is 0 Å². The number of fused-ring (bicyclic) bond motifs is 1. The Hall–Kier alpha value is -0.900. The van der Waals surface area contributed by atoms with E-state index in [0.717, 1.165) is 44.0 Å². The molecule has 0 radical (unpaired) electrons. The third-order valence-corrected chi connectivity index (χ3v) is 2.29. The summed E-state index contributed by atoms with van der Waals surface area (Å²) in [7, 11) is 0. The second-order valence-electron chi connectivity index (χ2n) is 3.18. The maximum atomic E-state index is 5.43. The lowest BCUT2D eigenvalue weighted by Gasteiger charge is -2.00. The molecule has 1 aliphatic rings. The number of nitrogens with two attached hydrogens (primary N) is 1. The maximum absolute atomic E-state index is 5.43. The molecule has 2 N–H and O–H groups in total. The standard InChI is InChI=1S/C8H14N4/c9-5-1-3-7-10-11-8-4-2-6-12(7)8/h1-6,9H2. The van der Waals surface area contributed by atoms with Crippen LogP contribution in [0.2, 0.25) is 0 Å². The highest BCUT2D eigenvalue weighted by molar-refractivity contribution is 5.00. The SMILES string of the molecule is NCCCc1nnc2n1CCC2. The van der Waals surface area contributed by atoms with E-state index in [4.69, 9.17) is 5.73 Å². The smallest absolute Gasteiger partial charge is 0.133 e. The van der Waals surface area contributed by atoms with Gasteiger partial charge in [0.25, 0.3) is 0 Å². The van der Waals surface area contributed by atoms with Crippen LogP contribution in [0.3, 0.4) is 0 Å². The lowest BCUT2D eigenvalue weighted by Crippen LogP contribution is -2.05. The van der Waals surface area contributed by atoms with Gasteiger partial charge >= 0.3 is 0 Å². The van der Waals surface area contributed by atoms with Gasteiger partial charge in [0.15, 0.2) is 0 Å². The summed E-state index contributed by atoms with van der Waals surface area (Å²) in [5, 5.41) is 8.25. The molecular weight excluding hydrogens is 152 g/mol. The molecule has 0 spiro atoms. The van der Waals surface area contributed by atoms with Gasteiger partial charge in [-0.1, -0.05) is 0 Å². The first-order valence-corrected chi connectivity index (χ1v) is 4.53. The molecule has 0 aliphatic carbocycles. The van der Waals surface area contributed by atoms with Crippen molar-refractivity contribution in [2.75, 3.05) is 6.54 Å². The molecule has 2 heterocycles. The first-order chi connectivity index (χ1) is 5.92. The Labute approximate surface area is 71.8 Å². The fraction of sp³-hybridized carbons (Fsp3) is 0.750. The van der Waals surface area contributed by atoms with Gasteiger partial charge < -0.3 is 10.3 Å². The van der Waals surface area contributed by atoms with Gasteiger partial charge in [-0.05, 0) is 19.4 Å². The molecule has 0 saturated heterocycles. The van der Waals surface area contributed by atoms with Crippen molar-refractivity contribution in [3.8, 4) is 0 Å². The topological polar surface area (TPSA) is 56.7 Å². The molecule has 0 atom stereocenters. The average molecular weight is 166 g/mol. The minimum atomic E-state index is 0.738. The highest BCUT2D eigenvalue weighted by atomic mass is 15.3.